The first-order valence-electron chi connectivity index (χ1n) is 3.80. The Hall–Kier alpha value is -1.76. The van der Waals surface area contributed by atoms with E-state index in [1.54, 1.807) is 6.92 Å². The van der Waals surface area contributed by atoms with Crippen LogP contribution < -0.4 is 5.32 Å². The molecule has 0 unspecified atom stereocenters. The first-order chi connectivity index (χ1) is 6.07. The summed E-state index contributed by atoms with van der Waals surface area (Å²) in [6.07, 6.45) is 5.37. The van der Waals surface area contributed by atoms with Crippen molar-refractivity contribution in [2.24, 2.45) is 5.92 Å². The Bertz CT molecular complexity index is 335. The van der Waals surface area contributed by atoms with Gasteiger partial charge >= 0.3 is 0 Å². The molecular formula is C9H9NO3. The number of terminal acetylenes is 1. The highest BCUT2D eigenvalue weighted by Crippen LogP contribution is 2.21. The van der Waals surface area contributed by atoms with E-state index in [-0.39, 0.29) is 11.5 Å². The molecule has 0 fully saturated rings. The topological polar surface area (TPSA) is 66.4 Å². The molecule has 2 amide bonds. The van der Waals surface area contributed by atoms with E-state index in [9.17, 15) is 14.7 Å². The number of rotatable bonds is 2. The lowest BCUT2D eigenvalue weighted by atomic mass is 9.98. The van der Waals surface area contributed by atoms with Crippen molar-refractivity contribution in [1.29, 1.82) is 0 Å². The quantitative estimate of drug-likeness (QED) is 0.467. The van der Waals surface area contributed by atoms with Gasteiger partial charge in [-0.25, -0.2) is 0 Å². The van der Waals surface area contributed by atoms with Crippen LogP contribution in [0, 0.1) is 18.3 Å². The number of hydrogen-bond acceptors (Lipinski definition) is 3. The van der Waals surface area contributed by atoms with Gasteiger partial charge in [0.15, 0.2) is 5.76 Å². The second-order valence-electron chi connectivity index (χ2n) is 2.85. The lowest BCUT2D eigenvalue weighted by molar-refractivity contribution is -0.125. The summed E-state index contributed by atoms with van der Waals surface area (Å²) in [5.74, 6) is 0.265. The third-order valence-corrected chi connectivity index (χ3v) is 1.86. The lowest BCUT2D eigenvalue weighted by Gasteiger charge is -2.05. The van der Waals surface area contributed by atoms with Gasteiger partial charge in [0.25, 0.3) is 11.8 Å². The van der Waals surface area contributed by atoms with E-state index < -0.39 is 17.6 Å². The number of hydrogen-bond donors (Lipinski definition) is 2. The van der Waals surface area contributed by atoms with Crippen LogP contribution >= 0.6 is 0 Å². The van der Waals surface area contributed by atoms with Gasteiger partial charge in [-0.2, -0.15) is 0 Å². The number of carbonyl (C=O) groups is 2. The largest absolute Gasteiger partial charge is 0.503 e. The summed E-state index contributed by atoms with van der Waals surface area (Å²) in [7, 11) is 0. The molecule has 1 aliphatic rings. The molecule has 0 aliphatic carbocycles. The van der Waals surface area contributed by atoms with E-state index in [1.807, 2.05) is 5.32 Å². The smallest absolute Gasteiger partial charge is 0.293 e. The molecule has 4 nitrogen and oxygen atoms in total. The van der Waals surface area contributed by atoms with Crippen LogP contribution in [0.4, 0.5) is 0 Å². The van der Waals surface area contributed by atoms with Crippen molar-refractivity contribution in [3.8, 4) is 12.3 Å². The zero-order chi connectivity index (χ0) is 10.0. The summed E-state index contributed by atoms with van der Waals surface area (Å²) in [4.78, 5) is 21.9. The maximum absolute atomic E-state index is 11.1. The molecule has 4 heteroatoms. The van der Waals surface area contributed by atoms with E-state index in [4.69, 9.17) is 6.42 Å². The van der Waals surface area contributed by atoms with Gasteiger partial charge in [0, 0.05) is 12.3 Å². The summed E-state index contributed by atoms with van der Waals surface area (Å²) in [6.45, 7) is 1.68. The minimum absolute atomic E-state index is 0.0861. The molecule has 2 N–H and O–H groups in total. The minimum Gasteiger partial charge on any atom is -0.503 e. The first kappa shape index (κ1) is 9.33. The van der Waals surface area contributed by atoms with Crippen molar-refractivity contribution >= 4 is 11.8 Å². The first-order valence-corrected chi connectivity index (χ1v) is 3.80. The molecular weight excluding hydrogens is 170 g/mol. The number of aliphatic hydroxyl groups excluding tert-OH is 1. The average molecular weight is 179 g/mol. The lowest BCUT2D eigenvalue weighted by Crippen LogP contribution is -2.24. The molecule has 0 bridgehead atoms. The molecule has 0 aromatic carbocycles. The molecule has 68 valence electrons. The second-order valence-corrected chi connectivity index (χ2v) is 2.85. The highest BCUT2D eigenvalue weighted by Gasteiger charge is 2.32. The predicted octanol–water partition coefficient (Wildman–Crippen LogP) is 0.114. The van der Waals surface area contributed by atoms with Crippen molar-refractivity contribution in [1.82, 2.24) is 5.32 Å². The fourth-order valence-corrected chi connectivity index (χ4v) is 1.20. The minimum atomic E-state index is -0.746. The summed E-state index contributed by atoms with van der Waals surface area (Å²) in [5, 5.41) is 11.2. The third kappa shape index (κ3) is 1.54. The molecule has 1 rings (SSSR count). The molecule has 1 aliphatic heterocycles. The second kappa shape index (κ2) is 3.31. The van der Waals surface area contributed by atoms with E-state index in [2.05, 4.69) is 5.92 Å². The monoisotopic (exact) mass is 179 g/mol. The van der Waals surface area contributed by atoms with Crippen molar-refractivity contribution in [3.63, 3.8) is 0 Å². The van der Waals surface area contributed by atoms with E-state index >= 15 is 0 Å². The van der Waals surface area contributed by atoms with Gasteiger partial charge in [0.1, 0.15) is 0 Å². The van der Waals surface area contributed by atoms with Crippen LogP contribution in [-0.2, 0) is 9.59 Å². The standard InChI is InChI=1S/C9H9NO3/c1-3-4-5(2)6-7(11)9(13)10-8(6)12/h1,5H,4H2,2H3,(H2,10,11,12,13)/t5-/m1/s1. The van der Waals surface area contributed by atoms with Gasteiger partial charge in [-0.1, -0.05) is 6.92 Å². The summed E-state index contributed by atoms with van der Waals surface area (Å²) >= 11 is 0. The maximum Gasteiger partial charge on any atom is 0.293 e. The average Bonchev–Trinajstić information content (AvgIpc) is 2.27. The number of imide groups is 1. The van der Waals surface area contributed by atoms with Crippen LogP contribution in [0.5, 0.6) is 0 Å². The molecule has 0 radical (unpaired) electrons. The molecule has 1 heterocycles. The number of carbonyl (C=O) groups excluding carboxylic acids is 2. The highest BCUT2D eigenvalue weighted by atomic mass is 16.3. The van der Waals surface area contributed by atoms with Crippen LogP contribution in [0.1, 0.15) is 13.3 Å². The van der Waals surface area contributed by atoms with E-state index in [0.29, 0.717) is 6.42 Å². The van der Waals surface area contributed by atoms with Gasteiger partial charge in [-0.3, -0.25) is 14.9 Å². The maximum atomic E-state index is 11.1. The summed E-state index contributed by atoms with van der Waals surface area (Å²) in [6, 6.07) is 0. The highest BCUT2D eigenvalue weighted by molar-refractivity contribution is 6.18. The Balaban J connectivity index is 2.96. The number of amides is 2. The van der Waals surface area contributed by atoms with Gasteiger partial charge in [-0.15, -0.1) is 12.3 Å². The van der Waals surface area contributed by atoms with Crippen LogP contribution in [0.2, 0.25) is 0 Å². The van der Waals surface area contributed by atoms with Crippen LogP contribution in [0.3, 0.4) is 0 Å². The summed E-state index contributed by atoms with van der Waals surface area (Å²) in [5.41, 5.74) is 0.0861. The fraction of sp³-hybridized carbons (Fsp3) is 0.333. The van der Waals surface area contributed by atoms with E-state index in [1.165, 1.54) is 0 Å². The molecule has 0 aromatic rings. The zero-order valence-corrected chi connectivity index (χ0v) is 7.13. The predicted molar refractivity (Wildman–Crippen MR) is 45.4 cm³/mol. The van der Waals surface area contributed by atoms with Gasteiger partial charge in [-0.05, 0) is 0 Å². The Kier molecular flexibility index (Phi) is 2.38. The Morgan fingerprint density at radius 2 is 2.15 bits per heavy atom. The van der Waals surface area contributed by atoms with Gasteiger partial charge in [0.05, 0.1) is 5.57 Å². The molecule has 0 saturated heterocycles. The third-order valence-electron chi connectivity index (χ3n) is 1.86. The number of aliphatic hydroxyl groups is 1. The van der Waals surface area contributed by atoms with Crippen LogP contribution in [-0.4, -0.2) is 16.9 Å². The SMILES string of the molecule is C#CC[C@@H](C)C1=C(O)C(=O)NC1=O. The molecule has 13 heavy (non-hydrogen) atoms. The van der Waals surface area contributed by atoms with Crippen molar-refractivity contribution < 1.29 is 14.7 Å². The van der Waals surface area contributed by atoms with Crippen molar-refractivity contribution in [2.75, 3.05) is 0 Å². The molecule has 0 saturated carbocycles. The van der Waals surface area contributed by atoms with Crippen LogP contribution in [0.25, 0.3) is 0 Å². The Morgan fingerprint density at radius 1 is 1.54 bits per heavy atom. The van der Waals surface area contributed by atoms with Gasteiger partial charge in [0.2, 0.25) is 0 Å². The molecule has 0 spiro atoms. The van der Waals surface area contributed by atoms with Gasteiger partial charge < -0.3 is 5.11 Å². The molecule has 1 atom stereocenters. The summed E-state index contributed by atoms with van der Waals surface area (Å²) < 4.78 is 0. The normalized spacial score (nSPS) is 18.5. The molecule has 0 aromatic heterocycles. The fourth-order valence-electron chi connectivity index (χ4n) is 1.20. The Labute approximate surface area is 75.6 Å². The zero-order valence-electron chi connectivity index (χ0n) is 7.13. The van der Waals surface area contributed by atoms with Crippen molar-refractivity contribution in [2.45, 2.75) is 13.3 Å². The van der Waals surface area contributed by atoms with Crippen LogP contribution in [0.15, 0.2) is 11.3 Å². The Morgan fingerprint density at radius 3 is 2.54 bits per heavy atom. The van der Waals surface area contributed by atoms with Crippen molar-refractivity contribution in [3.05, 3.63) is 11.3 Å². The van der Waals surface area contributed by atoms with E-state index in [0.717, 1.165) is 0 Å². The number of nitrogens with one attached hydrogen (secondary N) is 1.